The summed E-state index contributed by atoms with van der Waals surface area (Å²) in [5.74, 6) is 1.21. The van der Waals surface area contributed by atoms with Crippen LogP contribution in [0.25, 0.3) is 0 Å². The first-order valence-corrected chi connectivity index (χ1v) is 5.45. The van der Waals surface area contributed by atoms with Crippen molar-refractivity contribution in [3.63, 3.8) is 0 Å². The van der Waals surface area contributed by atoms with Gasteiger partial charge in [-0.05, 0) is 26.0 Å². The van der Waals surface area contributed by atoms with Crippen molar-refractivity contribution in [2.24, 2.45) is 0 Å². The van der Waals surface area contributed by atoms with Gasteiger partial charge in [-0.15, -0.1) is 0 Å². The Morgan fingerprint density at radius 2 is 2.00 bits per heavy atom. The maximum Gasteiger partial charge on any atom is 0.411 e. The summed E-state index contributed by atoms with van der Waals surface area (Å²) < 4.78 is 15.3. The predicted molar refractivity (Wildman–Crippen MR) is 64.8 cm³/mol. The van der Waals surface area contributed by atoms with Crippen LogP contribution in [-0.2, 0) is 4.74 Å². The molecule has 0 saturated heterocycles. The maximum atomic E-state index is 11.2. The van der Waals surface area contributed by atoms with Gasteiger partial charge in [-0.2, -0.15) is 0 Å². The van der Waals surface area contributed by atoms with Gasteiger partial charge < -0.3 is 14.2 Å². The third-order valence-electron chi connectivity index (χ3n) is 1.99. The number of ether oxygens (including phenoxy) is 3. The topological polar surface area (TPSA) is 56.8 Å². The zero-order valence-electron chi connectivity index (χ0n) is 10.3. The highest BCUT2D eigenvalue weighted by Crippen LogP contribution is 2.30. The van der Waals surface area contributed by atoms with Gasteiger partial charge in [0.05, 0.1) is 20.3 Å². The minimum absolute atomic E-state index is 0.333. The van der Waals surface area contributed by atoms with Crippen molar-refractivity contribution in [3.05, 3.63) is 18.2 Å². The highest BCUT2D eigenvalue weighted by molar-refractivity contribution is 5.85. The normalized spacial score (nSPS) is 9.59. The molecule has 0 aliphatic carbocycles. The molecule has 1 aromatic carbocycles. The second-order valence-corrected chi connectivity index (χ2v) is 3.14. The Kier molecular flexibility index (Phi) is 5.13. The summed E-state index contributed by atoms with van der Waals surface area (Å²) in [5.41, 5.74) is 0.601. The summed E-state index contributed by atoms with van der Waals surface area (Å²) in [6.45, 7) is 4.53. The Morgan fingerprint density at radius 1 is 1.24 bits per heavy atom. The standard InChI is InChI=1S/C12H17NO4/c1-4-16-10-7-6-9(8-11(10)15-3)13-12(14)17-5-2/h6-8H,4-5H2,1-3H3,(H,13,14). The molecule has 1 rings (SSSR count). The fourth-order valence-electron chi connectivity index (χ4n) is 1.31. The van der Waals surface area contributed by atoms with Gasteiger partial charge in [-0.1, -0.05) is 0 Å². The molecule has 1 aromatic rings. The number of methoxy groups -OCH3 is 1. The van der Waals surface area contributed by atoms with Gasteiger partial charge in [0.1, 0.15) is 0 Å². The van der Waals surface area contributed by atoms with E-state index in [0.29, 0.717) is 30.4 Å². The van der Waals surface area contributed by atoms with Crippen molar-refractivity contribution in [1.29, 1.82) is 0 Å². The summed E-state index contributed by atoms with van der Waals surface area (Å²) in [5, 5.41) is 2.59. The number of amides is 1. The van der Waals surface area contributed by atoms with Crippen LogP contribution in [-0.4, -0.2) is 26.4 Å². The van der Waals surface area contributed by atoms with Gasteiger partial charge in [0.25, 0.3) is 0 Å². The summed E-state index contributed by atoms with van der Waals surface area (Å²) in [7, 11) is 1.55. The van der Waals surface area contributed by atoms with Gasteiger partial charge in [-0.25, -0.2) is 4.79 Å². The van der Waals surface area contributed by atoms with E-state index in [4.69, 9.17) is 14.2 Å². The Balaban J connectivity index is 2.78. The zero-order valence-corrected chi connectivity index (χ0v) is 10.3. The van der Waals surface area contributed by atoms with Crippen LogP contribution in [0.4, 0.5) is 10.5 Å². The fraction of sp³-hybridized carbons (Fsp3) is 0.417. The van der Waals surface area contributed by atoms with Crippen LogP contribution in [0.15, 0.2) is 18.2 Å². The largest absolute Gasteiger partial charge is 0.493 e. The molecule has 0 radical (unpaired) electrons. The Morgan fingerprint density at radius 3 is 2.59 bits per heavy atom. The lowest BCUT2D eigenvalue weighted by Gasteiger charge is -2.11. The average Bonchev–Trinajstić information content (AvgIpc) is 2.31. The van der Waals surface area contributed by atoms with Gasteiger partial charge in [-0.3, -0.25) is 5.32 Å². The molecule has 0 aliphatic heterocycles. The molecule has 5 heteroatoms. The van der Waals surface area contributed by atoms with Gasteiger partial charge in [0, 0.05) is 11.8 Å². The van der Waals surface area contributed by atoms with Crippen LogP contribution in [0.5, 0.6) is 11.5 Å². The molecular weight excluding hydrogens is 222 g/mol. The van der Waals surface area contributed by atoms with Crippen LogP contribution < -0.4 is 14.8 Å². The minimum atomic E-state index is -0.487. The fourth-order valence-corrected chi connectivity index (χ4v) is 1.31. The molecule has 0 fully saturated rings. The van der Waals surface area contributed by atoms with Gasteiger partial charge in [0.15, 0.2) is 11.5 Å². The molecule has 0 bridgehead atoms. The van der Waals surface area contributed by atoms with Crippen LogP contribution in [0.2, 0.25) is 0 Å². The van der Waals surface area contributed by atoms with E-state index in [1.807, 2.05) is 6.92 Å². The van der Waals surface area contributed by atoms with E-state index in [1.165, 1.54) is 0 Å². The summed E-state index contributed by atoms with van der Waals surface area (Å²) >= 11 is 0. The number of nitrogens with one attached hydrogen (secondary N) is 1. The lowest BCUT2D eigenvalue weighted by molar-refractivity contribution is 0.168. The van der Waals surface area contributed by atoms with E-state index in [2.05, 4.69) is 5.32 Å². The SMILES string of the molecule is CCOC(=O)Nc1ccc(OCC)c(OC)c1. The zero-order chi connectivity index (χ0) is 12.7. The Labute approximate surface area is 101 Å². The average molecular weight is 239 g/mol. The number of hydrogen-bond donors (Lipinski definition) is 1. The number of anilines is 1. The molecular formula is C12H17NO4. The van der Waals surface area contributed by atoms with Gasteiger partial charge >= 0.3 is 6.09 Å². The van der Waals surface area contributed by atoms with E-state index in [0.717, 1.165) is 0 Å². The number of carbonyl (C=O) groups excluding carboxylic acids is 1. The molecule has 0 unspecified atom stereocenters. The highest BCUT2D eigenvalue weighted by atomic mass is 16.5. The van der Waals surface area contributed by atoms with Crippen LogP contribution in [0.3, 0.4) is 0 Å². The van der Waals surface area contributed by atoms with Crippen molar-refractivity contribution in [2.75, 3.05) is 25.6 Å². The second-order valence-electron chi connectivity index (χ2n) is 3.14. The molecule has 17 heavy (non-hydrogen) atoms. The molecule has 0 aromatic heterocycles. The molecule has 94 valence electrons. The number of hydrogen-bond acceptors (Lipinski definition) is 4. The van der Waals surface area contributed by atoms with E-state index < -0.39 is 6.09 Å². The van der Waals surface area contributed by atoms with Crippen molar-refractivity contribution in [1.82, 2.24) is 0 Å². The number of carbonyl (C=O) groups is 1. The first-order chi connectivity index (χ1) is 8.21. The van der Waals surface area contributed by atoms with E-state index >= 15 is 0 Å². The first kappa shape index (κ1) is 13.2. The molecule has 0 saturated carbocycles. The minimum Gasteiger partial charge on any atom is -0.493 e. The second kappa shape index (κ2) is 6.62. The smallest absolute Gasteiger partial charge is 0.411 e. The van der Waals surface area contributed by atoms with Crippen LogP contribution in [0, 0.1) is 0 Å². The quantitative estimate of drug-likeness (QED) is 0.858. The molecule has 0 aliphatic rings. The van der Waals surface area contributed by atoms with Crippen molar-refractivity contribution >= 4 is 11.8 Å². The Hall–Kier alpha value is -1.91. The van der Waals surface area contributed by atoms with Crippen LogP contribution >= 0.6 is 0 Å². The monoisotopic (exact) mass is 239 g/mol. The summed E-state index contributed by atoms with van der Waals surface area (Å²) in [6.07, 6.45) is -0.487. The first-order valence-electron chi connectivity index (χ1n) is 5.45. The van der Waals surface area contributed by atoms with Crippen molar-refractivity contribution in [2.45, 2.75) is 13.8 Å². The van der Waals surface area contributed by atoms with E-state index in [9.17, 15) is 4.79 Å². The maximum absolute atomic E-state index is 11.2. The third-order valence-corrected chi connectivity index (χ3v) is 1.99. The van der Waals surface area contributed by atoms with Crippen LogP contribution in [0.1, 0.15) is 13.8 Å². The lowest BCUT2D eigenvalue weighted by Crippen LogP contribution is -2.13. The molecule has 0 atom stereocenters. The number of benzene rings is 1. The molecule has 1 N–H and O–H groups in total. The van der Waals surface area contributed by atoms with E-state index in [1.54, 1.807) is 32.2 Å². The number of rotatable bonds is 5. The summed E-state index contributed by atoms with van der Waals surface area (Å²) in [4.78, 5) is 11.2. The third kappa shape index (κ3) is 3.86. The molecule has 0 spiro atoms. The lowest BCUT2D eigenvalue weighted by atomic mass is 10.3. The van der Waals surface area contributed by atoms with Crippen molar-refractivity contribution < 1.29 is 19.0 Å². The Bertz CT molecular complexity index is 379. The van der Waals surface area contributed by atoms with Crippen molar-refractivity contribution in [3.8, 4) is 11.5 Å². The van der Waals surface area contributed by atoms with Gasteiger partial charge in [0.2, 0.25) is 0 Å². The predicted octanol–water partition coefficient (Wildman–Crippen LogP) is 2.66. The highest BCUT2D eigenvalue weighted by Gasteiger charge is 2.07. The molecule has 1 amide bonds. The summed E-state index contributed by atoms with van der Waals surface area (Å²) in [6, 6.07) is 5.15. The van der Waals surface area contributed by atoms with E-state index in [-0.39, 0.29) is 0 Å². The molecule has 0 heterocycles. The molecule has 5 nitrogen and oxygen atoms in total.